The molecule has 19 heavy (non-hydrogen) atoms. The molecule has 1 fully saturated rings. The Hall–Kier alpha value is -0.900. The van der Waals surface area contributed by atoms with Crippen molar-refractivity contribution < 1.29 is 0 Å². The minimum atomic E-state index is 0.567. The van der Waals surface area contributed by atoms with Crippen molar-refractivity contribution in [3.63, 3.8) is 0 Å². The highest BCUT2D eigenvalue weighted by Crippen LogP contribution is 2.33. The molecule has 1 aromatic carbocycles. The van der Waals surface area contributed by atoms with Crippen molar-refractivity contribution in [2.75, 3.05) is 33.7 Å². The average molecular weight is 259 g/mol. The van der Waals surface area contributed by atoms with E-state index in [1.165, 1.54) is 31.5 Å². The number of likely N-dealkylation sites (N-methyl/N-ethyl adjacent to an activating group) is 1. The Balaban J connectivity index is 1.82. The molecular formula is C16H25N3. The number of benzene rings is 1. The van der Waals surface area contributed by atoms with Gasteiger partial charge < -0.3 is 10.2 Å². The van der Waals surface area contributed by atoms with Crippen LogP contribution in [0.3, 0.4) is 0 Å². The van der Waals surface area contributed by atoms with Gasteiger partial charge in [0.15, 0.2) is 0 Å². The smallest absolute Gasteiger partial charge is 0.0479 e. The first kappa shape index (κ1) is 13.1. The van der Waals surface area contributed by atoms with Gasteiger partial charge in [-0.25, -0.2) is 0 Å². The minimum absolute atomic E-state index is 0.567. The van der Waals surface area contributed by atoms with Crippen LogP contribution in [-0.4, -0.2) is 49.6 Å². The summed E-state index contributed by atoms with van der Waals surface area (Å²) >= 11 is 0. The van der Waals surface area contributed by atoms with E-state index in [-0.39, 0.29) is 0 Å². The Kier molecular flexibility index (Phi) is 3.87. The summed E-state index contributed by atoms with van der Waals surface area (Å²) in [7, 11) is 4.37. The highest BCUT2D eigenvalue weighted by atomic mass is 15.3. The SMILES string of the molecule is CN(C)CC1CCCN1C1CNCc2ccccc21. The van der Waals surface area contributed by atoms with E-state index in [1.807, 2.05) is 0 Å². The van der Waals surface area contributed by atoms with Crippen LogP contribution in [0.1, 0.15) is 30.0 Å². The number of hydrogen-bond acceptors (Lipinski definition) is 3. The van der Waals surface area contributed by atoms with Crippen LogP contribution in [-0.2, 0) is 6.54 Å². The Morgan fingerprint density at radius 3 is 3.00 bits per heavy atom. The Bertz CT molecular complexity index is 430. The maximum absolute atomic E-state index is 3.59. The van der Waals surface area contributed by atoms with Crippen molar-refractivity contribution >= 4 is 0 Å². The lowest BCUT2D eigenvalue weighted by Gasteiger charge is -2.38. The number of fused-ring (bicyclic) bond motifs is 1. The van der Waals surface area contributed by atoms with E-state index in [1.54, 1.807) is 5.56 Å². The molecule has 3 heteroatoms. The maximum Gasteiger partial charge on any atom is 0.0479 e. The molecule has 2 atom stereocenters. The molecule has 2 aliphatic rings. The first-order valence-corrected chi connectivity index (χ1v) is 7.44. The quantitative estimate of drug-likeness (QED) is 0.894. The van der Waals surface area contributed by atoms with Crippen LogP contribution in [0.25, 0.3) is 0 Å². The van der Waals surface area contributed by atoms with E-state index < -0.39 is 0 Å². The summed E-state index contributed by atoms with van der Waals surface area (Å²) in [4.78, 5) is 5.05. The zero-order valence-corrected chi connectivity index (χ0v) is 12.1. The fraction of sp³-hybridized carbons (Fsp3) is 0.625. The molecule has 1 N–H and O–H groups in total. The molecular weight excluding hydrogens is 234 g/mol. The van der Waals surface area contributed by atoms with Crippen molar-refractivity contribution in [1.29, 1.82) is 0 Å². The van der Waals surface area contributed by atoms with Crippen molar-refractivity contribution in [1.82, 2.24) is 15.1 Å². The lowest BCUT2D eigenvalue weighted by molar-refractivity contribution is 0.144. The van der Waals surface area contributed by atoms with Crippen LogP contribution in [0.2, 0.25) is 0 Å². The fourth-order valence-electron chi connectivity index (χ4n) is 3.66. The monoisotopic (exact) mass is 259 g/mol. The molecule has 2 aliphatic heterocycles. The summed E-state index contributed by atoms with van der Waals surface area (Å²) < 4.78 is 0. The Morgan fingerprint density at radius 1 is 1.32 bits per heavy atom. The molecule has 1 aromatic rings. The summed E-state index contributed by atoms with van der Waals surface area (Å²) in [6.07, 6.45) is 2.69. The molecule has 3 nitrogen and oxygen atoms in total. The summed E-state index contributed by atoms with van der Waals surface area (Å²) in [6.45, 7) is 4.55. The molecule has 0 bridgehead atoms. The van der Waals surface area contributed by atoms with E-state index in [4.69, 9.17) is 0 Å². The predicted octanol–water partition coefficient (Wildman–Crippen LogP) is 1.86. The van der Waals surface area contributed by atoms with Gasteiger partial charge in [-0.15, -0.1) is 0 Å². The molecule has 1 saturated heterocycles. The highest BCUT2D eigenvalue weighted by molar-refractivity contribution is 5.32. The van der Waals surface area contributed by atoms with Crippen molar-refractivity contribution in [3.05, 3.63) is 35.4 Å². The third-order valence-corrected chi connectivity index (χ3v) is 4.47. The normalized spacial score (nSPS) is 27.7. The molecule has 0 aromatic heterocycles. The molecule has 104 valence electrons. The topological polar surface area (TPSA) is 18.5 Å². The molecule has 0 radical (unpaired) electrons. The van der Waals surface area contributed by atoms with Crippen molar-refractivity contribution in [2.45, 2.75) is 31.5 Å². The van der Waals surface area contributed by atoms with Crippen molar-refractivity contribution in [3.8, 4) is 0 Å². The van der Waals surface area contributed by atoms with E-state index in [9.17, 15) is 0 Å². The van der Waals surface area contributed by atoms with Gasteiger partial charge in [0.2, 0.25) is 0 Å². The van der Waals surface area contributed by atoms with Crippen LogP contribution in [0.15, 0.2) is 24.3 Å². The second-order valence-corrected chi connectivity index (χ2v) is 6.14. The lowest BCUT2D eigenvalue weighted by Crippen LogP contribution is -2.45. The summed E-state index contributed by atoms with van der Waals surface area (Å²) in [6, 6.07) is 10.2. The molecule has 0 spiro atoms. The molecule has 0 amide bonds. The lowest BCUT2D eigenvalue weighted by atomic mass is 9.95. The zero-order valence-electron chi connectivity index (χ0n) is 12.1. The number of likely N-dealkylation sites (tertiary alicyclic amines) is 1. The minimum Gasteiger partial charge on any atom is -0.311 e. The van der Waals surface area contributed by atoms with E-state index >= 15 is 0 Å². The average Bonchev–Trinajstić information content (AvgIpc) is 2.85. The number of nitrogens with one attached hydrogen (secondary N) is 1. The predicted molar refractivity (Wildman–Crippen MR) is 79.2 cm³/mol. The third-order valence-electron chi connectivity index (χ3n) is 4.47. The number of hydrogen-bond donors (Lipinski definition) is 1. The highest BCUT2D eigenvalue weighted by Gasteiger charge is 2.33. The Morgan fingerprint density at radius 2 is 2.16 bits per heavy atom. The van der Waals surface area contributed by atoms with E-state index in [0.717, 1.165) is 13.1 Å². The maximum atomic E-state index is 3.59. The largest absolute Gasteiger partial charge is 0.311 e. The van der Waals surface area contributed by atoms with Crippen LogP contribution in [0.4, 0.5) is 0 Å². The first-order chi connectivity index (χ1) is 9.25. The van der Waals surface area contributed by atoms with E-state index in [2.05, 4.69) is 53.5 Å². The van der Waals surface area contributed by atoms with Gasteiger partial charge in [-0.2, -0.15) is 0 Å². The molecule has 2 heterocycles. The second-order valence-electron chi connectivity index (χ2n) is 6.14. The van der Waals surface area contributed by atoms with E-state index in [0.29, 0.717) is 12.1 Å². The number of rotatable bonds is 3. The van der Waals surface area contributed by atoms with Crippen molar-refractivity contribution in [2.24, 2.45) is 0 Å². The van der Waals surface area contributed by atoms with Gasteiger partial charge in [0.25, 0.3) is 0 Å². The zero-order chi connectivity index (χ0) is 13.2. The van der Waals surface area contributed by atoms with Gasteiger partial charge in [0.05, 0.1) is 0 Å². The molecule has 3 rings (SSSR count). The van der Waals surface area contributed by atoms with Crippen LogP contribution in [0, 0.1) is 0 Å². The molecule has 0 saturated carbocycles. The van der Waals surface area contributed by atoms with Gasteiger partial charge >= 0.3 is 0 Å². The summed E-state index contributed by atoms with van der Waals surface area (Å²) in [5.41, 5.74) is 3.03. The van der Waals surface area contributed by atoms with Crippen LogP contribution < -0.4 is 5.32 Å². The third kappa shape index (κ3) is 2.69. The van der Waals surface area contributed by atoms with Gasteiger partial charge in [-0.05, 0) is 44.6 Å². The van der Waals surface area contributed by atoms with Gasteiger partial charge in [-0.1, -0.05) is 24.3 Å². The van der Waals surface area contributed by atoms with Gasteiger partial charge in [0.1, 0.15) is 0 Å². The van der Waals surface area contributed by atoms with Crippen LogP contribution >= 0.6 is 0 Å². The first-order valence-electron chi connectivity index (χ1n) is 7.44. The standard InChI is InChI=1S/C16H25N3/c1-18(2)12-14-7-5-9-19(14)16-11-17-10-13-6-3-4-8-15(13)16/h3-4,6,8,14,16-17H,5,7,9-12H2,1-2H3. The summed E-state index contributed by atoms with van der Waals surface area (Å²) in [5, 5.41) is 3.59. The number of nitrogens with zero attached hydrogens (tertiary/aromatic N) is 2. The second kappa shape index (κ2) is 5.61. The summed E-state index contributed by atoms with van der Waals surface area (Å²) in [5.74, 6) is 0. The Labute approximate surface area is 116 Å². The fourth-order valence-corrected chi connectivity index (χ4v) is 3.66. The van der Waals surface area contributed by atoms with Crippen LogP contribution in [0.5, 0.6) is 0 Å². The van der Waals surface area contributed by atoms with Gasteiger partial charge in [-0.3, -0.25) is 4.90 Å². The van der Waals surface area contributed by atoms with Gasteiger partial charge in [0, 0.05) is 31.7 Å². The molecule has 2 unspecified atom stereocenters. The molecule has 0 aliphatic carbocycles.